The number of hydrogen-bond acceptors (Lipinski definition) is 18. The van der Waals surface area contributed by atoms with Crippen LogP contribution in [0, 0.1) is 0 Å². The zero-order valence-corrected chi connectivity index (χ0v) is 34.4. The van der Waals surface area contributed by atoms with Gasteiger partial charge in [0.2, 0.25) is 11.8 Å². The van der Waals surface area contributed by atoms with Crippen LogP contribution in [0.3, 0.4) is 0 Å². The second kappa shape index (κ2) is 19.1. The molecule has 22 heteroatoms. The molecule has 1 unspecified atom stereocenters. The predicted octanol–water partition coefficient (Wildman–Crippen LogP) is 1.39. The van der Waals surface area contributed by atoms with E-state index < -0.39 is 6.10 Å². The van der Waals surface area contributed by atoms with Crippen molar-refractivity contribution in [2.45, 2.75) is 18.9 Å². The van der Waals surface area contributed by atoms with Gasteiger partial charge in [-0.15, -0.1) is 10.2 Å². The Morgan fingerprint density at radius 2 is 1.05 bits per heavy atom. The van der Waals surface area contributed by atoms with Crippen molar-refractivity contribution in [2.24, 2.45) is 0 Å². The van der Waals surface area contributed by atoms with Crippen LogP contribution in [0.2, 0.25) is 0 Å². The Balaban J connectivity index is 0.000000162. The molecule has 2 aliphatic heterocycles. The first kappa shape index (κ1) is 41.7. The Hall–Kier alpha value is -7.69. The number of ketones is 1. The Labute approximate surface area is 363 Å². The highest BCUT2D eigenvalue weighted by molar-refractivity contribution is 6.00. The van der Waals surface area contributed by atoms with E-state index in [-0.39, 0.29) is 17.6 Å². The van der Waals surface area contributed by atoms with Crippen LogP contribution >= 0.6 is 0 Å². The number of fused-ring (bicyclic) bond motifs is 2. The van der Waals surface area contributed by atoms with E-state index in [9.17, 15) is 19.5 Å². The monoisotopic (exact) mass is 866 g/mol. The van der Waals surface area contributed by atoms with Gasteiger partial charge in [-0.25, -0.2) is 18.6 Å². The average molecular weight is 867 g/mol. The SMILES string of the molecule is O=C(CN1CCN(C(=O)Cc2ccc(-n3cnnn3)cc2)CC1)c1ccc2nonc2c1.O=C(Cc1ccc(-n2cnnn2)cc1)N1CCN(CC(O)c2ccc3nonc3c2)CC1. The minimum atomic E-state index is -0.642. The largest absolute Gasteiger partial charge is 0.387 e. The number of Topliss-reactive ketones (excluding diaryl/α,β-unsaturated/α-hetero) is 1. The molecular formula is C42H42N16O6. The molecule has 8 aromatic rings. The van der Waals surface area contributed by atoms with Gasteiger partial charge < -0.3 is 14.9 Å². The molecule has 0 spiro atoms. The first-order valence-electron chi connectivity index (χ1n) is 20.6. The number of rotatable bonds is 12. The van der Waals surface area contributed by atoms with Crippen molar-refractivity contribution in [3.63, 3.8) is 0 Å². The van der Waals surface area contributed by atoms with Crippen molar-refractivity contribution < 1.29 is 28.7 Å². The number of nitrogens with zero attached hydrogens (tertiary/aromatic N) is 16. The van der Waals surface area contributed by atoms with Crippen LogP contribution in [0.15, 0.2) is 107 Å². The van der Waals surface area contributed by atoms with Gasteiger partial charge >= 0.3 is 0 Å². The molecule has 2 aliphatic rings. The Bertz CT molecular complexity index is 2800. The molecule has 326 valence electrons. The lowest BCUT2D eigenvalue weighted by molar-refractivity contribution is -0.133. The highest BCUT2D eigenvalue weighted by atomic mass is 16.6. The van der Waals surface area contributed by atoms with Crippen molar-refractivity contribution in [1.29, 1.82) is 0 Å². The molecule has 1 N–H and O–H groups in total. The van der Waals surface area contributed by atoms with Crippen molar-refractivity contribution in [1.82, 2.24) is 80.6 Å². The van der Waals surface area contributed by atoms with Crippen LogP contribution in [0.1, 0.15) is 33.2 Å². The number of carbonyl (C=O) groups excluding carboxylic acids is 3. The number of aliphatic hydroxyl groups is 1. The highest BCUT2D eigenvalue weighted by Crippen LogP contribution is 2.21. The third kappa shape index (κ3) is 9.99. The smallest absolute Gasteiger partial charge is 0.227 e. The molecule has 22 nitrogen and oxygen atoms in total. The quantitative estimate of drug-likeness (QED) is 0.170. The van der Waals surface area contributed by atoms with Crippen molar-refractivity contribution in [2.75, 3.05) is 65.4 Å². The van der Waals surface area contributed by atoms with E-state index in [1.807, 2.05) is 64.4 Å². The Morgan fingerprint density at radius 1 is 0.562 bits per heavy atom. The first-order valence-corrected chi connectivity index (χ1v) is 20.6. The van der Waals surface area contributed by atoms with Crippen LogP contribution in [0.25, 0.3) is 33.4 Å². The summed E-state index contributed by atoms with van der Waals surface area (Å²) in [6, 6.07) is 25.8. The topological polar surface area (TPSA) is 249 Å². The van der Waals surface area contributed by atoms with E-state index in [2.05, 4.69) is 66.1 Å². The van der Waals surface area contributed by atoms with E-state index in [1.54, 1.807) is 39.7 Å². The number of carbonyl (C=O) groups is 3. The standard InChI is InChI=1S/C21H22N8O3.C21H20N8O3/c2*30-20(16-3-6-18-19(12-16)24-32-23-18)13-27-7-9-28(10-8-27)21(31)11-15-1-4-17(5-2-15)29-14-22-25-26-29/h1-6,12,14,20,30H,7-11,13H2;1-6,12,14H,7-11,13H2. The van der Waals surface area contributed by atoms with Crippen LogP contribution in [-0.2, 0) is 22.4 Å². The van der Waals surface area contributed by atoms with Gasteiger partial charge in [-0.3, -0.25) is 24.2 Å². The molecule has 6 heterocycles. The van der Waals surface area contributed by atoms with Crippen LogP contribution in [0.4, 0.5) is 0 Å². The number of aliphatic hydroxyl groups excluding tert-OH is 1. The van der Waals surface area contributed by atoms with Crippen molar-refractivity contribution >= 4 is 39.7 Å². The minimum Gasteiger partial charge on any atom is -0.387 e. The molecular weight excluding hydrogens is 825 g/mol. The van der Waals surface area contributed by atoms with E-state index >= 15 is 0 Å². The number of piperazine rings is 2. The fourth-order valence-electron chi connectivity index (χ4n) is 7.61. The van der Waals surface area contributed by atoms with Gasteiger partial charge in [0.1, 0.15) is 34.7 Å². The number of amides is 2. The summed E-state index contributed by atoms with van der Waals surface area (Å²) in [5.41, 5.74) is 7.40. The third-order valence-corrected chi connectivity index (χ3v) is 11.3. The summed E-state index contributed by atoms with van der Waals surface area (Å²) < 4.78 is 12.5. The summed E-state index contributed by atoms with van der Waals surface area (Å²) in [6.07, 6.45) is 3.09. The molecule has 4 aromatic carbocycles. The number of β-amino-alcohol motifs (C(OH)–C–C–N with tert-alkyl or cyclic N) is 1. The molecule has 0 bridgehead atoms. The lowest BCUT2D eigenvalue weighted by Crippen LogP contribution is -2.50. The molecule has 4 aromatic heterocycles. The highest BCUT2D eigenvalue weighted by Gasteiger charge is 2.25. The summed E-state index contributed by atoms with van der Waals surface area (Å²) in [6.45, 7) is 6.02. The number of aromatic nitrogens is 12. The lowest BCUT2D eigenvalue weighted by atomic mass is 10.1. The number of hydrogen-bond donors (Lipinski definition) is 1. The van der Waals surface area contributed by atoms with Crippen LogP contribution in [-0.4, -0.2) is 169 Å². The molecule has 0 radical (unpaired) electrons. The number of benzene rings is 4. The molecule has 0 saturated carbocycles. The second-order valence-electron chi connectivity index (χ2n) is 15.5. The summed E-state index contributed by atoms with van der Waals surface area (Å²) >= 11 is 0. The molecule has 64 heavy (non-hydrogen) atoms. The molecule has 1 atom stereocenters. The van der Waals surface area contributed by atoms with Crippen molar-refractivity contribution in [3.8, 4) is 11.4 Å². The maximum absolute atomic E-state index is 12.7. The van der Waals surface area contributed by atoms with Crippen molar-refractivity contribution in [3.05, 3.63) is 120 Å². The summed E-state index contributed by atoms with van der Waals surface area (Å²) in [7, 11) is 0. The third-order valence-electron chi connectivity index (χ3n) is 11.3. The van der Waals surface area contributed by atoms with Gasteiger partial charge in [-0.2, -0.15) is 0 Å². The molecule has 2 saturated heterocycles. The fraction of sp³-hybridized carbons (Fsp3) is 0.310. The minimum absolute atomic E-state index is 0.0114. The maximum Gasteiger partial charge on any atom is 0.227 e. The van der Waals surface area contributed by atoms with Gasteiger partial charge in [-0.05, 0) is 113 Å². The van der Waals surface area contributed by atoms with Crippen LogP contribution < -0.4 is 0 Å². The normalized spacial score (nSPS) is 15.3. The number of tetrazole rings is 2. The maximum atomic E-state index is 12.7. The molecule has 0 aliphatic carbocycles. The summed E-state index contributed by atoms with van der Waals surface area (Å²) in [5.74, 6) is 0.192. The van der Waals surface area contributed by atoms with Gasteiger partial charge in [0.15, 0.2) is 5.78 Å². The zero-order valence-electron chi connectivity index (χ0n) is 34.4. The average Bonchev–Trinajstić information content (AvgIpc) is 4.19. The summed E-state index contributed by atoms with van der Waals surface area (Å²) in [4.78, 5) is 46.0. The van der Waals surface area contributed by atoms with Gasteiger partial charge in [0.25, 0.3) is 0 Å². The Kier molecular flexibility index (Phi) is 12.5. The molecule has 2 amide bonds. The van der Waals surface area contributed by atoms with Gasteiger partial charge in [0.05, 0.1) is 36.9 Å². The van der Waals surface area contributed by atoms with E-state index in [0.29, 0.717) is 92.8 Å². The lowest BCUT2D eigenvalue weighted by Gasteiger charge is -2.35. The Morgan fingerprint density at radius 3 is 1.56 bits per heavy atom. The molecule has 2 fully saturated rings. The second-order valence-corrected chi connectivity index (χ2v) is 15.5. The molecule has 10 rings (SSSR count). The zero-order chi connectivity index (χ0) is 43.8. The first-order chi connectivity index (χ1) is 31.3. The van der Waals surface area contributed by atoms with E-state index in [0.717, 1.165) is 41.2 Å². The predicted molar refractivity (Wildman–Crippen MR) is 225 cm³/mol. The fourth-order valence-corrected chi connectivity index (χ4v) is 7.61. The summed E-state index contributed by atoms with van der Waals surface area (Å²) in [5, 5.41) is 47.9. The van der Waals surface area contributed by atoms with Crippen LogP contribution in [0.5, 0.6) is 0 Å². The van der Waals surface area contributed by atoms with Gasteiger partial charge in [-0.1, -0.05) is 30.3 Å². The van der Waals surface area contributed by atoms with E-state index in [1.165, 1.54) is 12.7 Å². The van der Waals surface area contributed by atoms with E-state index in [4.69, 9.17) is 4.63 Å². The van der Waals surface area contributed by atoms with Gasteiger partial charge in [0, 0.05) is 64.5 Å².